The summed E-state index contributed by atoms with van der Waals surface area (Å²) in [6, 6.07) is 16.5. The van der Waals surface area contributed by atoms with E-state index in [4.69, 9.17) is 11.6 Å². The van der Waals surface area contributed by atoms with Gasteiger partial charge in [-0.05, 0) is 90.6 Å². The number of aromatic hydroxyl groups is 1. The lowest BCUT2D eigenvalue weighted by atomic mass is 9.77. The van der Waals surface area contributed by atoms with Crippen LogP contribution in [0, 0.1) is 5.41 Å². The zero-order chi connectivity index (χ0) is 28.9. The standard InChI is InChI=1S/C31H34ClN3O4S2/c1-31(2)11-9-22(10-12-31)41(38,39)23-5-7-25-24-6-4-21(18-26(24)30(33-37)27(25)19-23)40-35-15-13-34(14-16-35)28-8-3-20(32)17-29(28)36/h3-8,17-19,22,36-37H,9-16H2,1-2H3/b33-30-. The molecule has 6 rings (SSSR count). The molecule has 2 N–H and O–H groups in total. The van der Waals surface area contributed by atoms with Crippen molar-refractivity contribution in [3.05, 3.63) is 70.7 Å². The molecule has 0 aromatic heterocycles. The minimum absolute atomic E-state index is 0.186. The maximum absolute atomic E-state index is 13.6. The van der Waals surface area contributed by atoms with Crippen LogP contribution in [0.3, 0.4) is 0 Å². The molecule has 0 bridgehead atoms. The number of piperazine rings is 1. The number of halogens is 1. The molecule has 1 aliphatic heterocycles. The van der Waals surface area contributed by atoms with Gasteiger partial charge in [0, 0.05) is 53.3 Å². The van der Waals surface area contributed by atoms with Crippen LogP contribution in [0.4, 0.5) is 5.69 Å². The van der Waals surface area contributed by atoms with E-state index in [2.05, 4.69) is 34.3 Å². The van der Waals surface area contributed by atoms with Crippen LogP contribution in [-0.4, -0.2) is 60.2 Å². The fraction of sp³-hybridized carbons (Fsp3) is 0.387. The largest absolute Gasteiger partial charge is 0.506 e. The first-order valence-corrected chi connectivity index (χ1v) is 16.7. The summed E-state index contributed by atoms with van der Waals surface area (Å²) in [6.45, 7) is 7.52. The number of sulfone groups is 1. The number of hydrogen-bond acceptors (Lipinski definition) is 8. The molecule has 3 aromatic rings. The molecule has 1 saturated heterocycles. The Morgan fingerprint density at radius 2 is 1.56 bits per heavy atom. The molecule has 2 fully saturated rings. The third-order valence-corrected chi connectivity index (χ3v) is 12.3. The molecule has 0 spiro atoms. The smallest absolute Gasteiger partial charge is 0.181 e. The van der Waals surface area contributed by atoms with Crippen LogP contribution in [0.2, 0.25) is 5.02 Å². The van der Waals surface area contributed by atoms with Crippen molar-refractivity contribution in [2.24, 2.45) is 10.6 Å². The van der Waals surface area contributed by atoms with E-state index in [1.165, 1.54) is 0 Å². The van der Waals surface area contributed by atoms with Crippen LogP contribution >= 0.6 is 23.5 Å². The summed E-state index contributed by atoms with van der Waals surface area (Å²) < 4.78 is 29.4. The second-order valence-electron chi connectivity index (χ2n) is 11.9. The number of benzene rings is 3. The van der Waals surface area contributed by atoms with E-state index in [1.54, 1.807) is 36.2 Å². The molecule has 3 aliphatic rings. The minimum atomic E-state index is -3.48. The molecule has 10 heteroatoms. The van der Waals surface area contributed by atoms with Gasteiger partial charge in [0.25, 0.3) is 0 Å². The summed E-state index contributed by atoms with van der Waals surface area (Å²) in [5.74, 6) is 0.186. The first-order valence-electron chi connectivity index (χ1n) is 14.0. The zero-order valence-electron chi connectivity index (χ0n) is 23.2. The van der Waals surface area contributed by atoms with Gasteiger partial charge in [-0.3, -0.25) is 0 Å². The van der Waals surface area contributed by atoms with Crippen molar-refractivity contribution in [2.75, 3.05) is 31.1 Å². The van der Waals surface area contributed by atoms with Gasteiger partial charge in [-0.25, -0.2) is 12.7 Å². The van der Waals surface area contributed by atoms with E-state index < -0.39 is 9.84 Å². The van der Waals surface area contributed by atoms with Crippen molar-refractivity contribution in [3.63, 3.8) is 0 Å². The quantitative estimate of drug-likeness (QED) is 0.145. The first kappa shape index (κ1) is 28.4. The normalized spacial score (nSPS) is 20.3. The zero-order valence-corrected chi connectivity index (χ0v) is 25.6. The third kappa shape index (κ3) is 5.45. The average Bonchev–Trinajstić information content (AvgIpc) is 3.25. The van der Waals surface area contributed by atoms with Crippen molar-refractivity contribution < 1.29 is 18.7 Å². The van der Waals surface area contributed by atoms with Crippen LogP contribution in [0.5, 0.6) is 5.75 Å². The van der Waals surface area contributed by atoms with Crippen LogP contribution in [0.25, 0.3) is 11.1 Å². The first-order chi connectivity index (χ1) is 19.6. The molecule has 216 valence electrons. The van der Waals surface area contributed by atoms with Crippen molar-refractivity contribution in [1.29, 1.82) is 0 Å². The fourth-order valence-electron chi connectivity index (χ4n) is 6.20. The summed E-state index contributed by atoms with van der Waals surface area (Å²) in [5.41, 5.74) is 4.64. The van der Waals surface area contributed by atoms with Crippen molar-refractivity contribution in [1.82, 2.24) is 4.31 Å². The molecule has 7 nitrogen and oxygen atoms in total. The molecule has 1 heterocycles. The fourth-order valence-corrected chi connectivity index (χ4v) is 9.09. The Kier molecular flexibility index (Phi) is 7.51. The van der Waals surface area contributed by atoms with Crippen LogP contribution < -0.4 is 4.90 Å². The second-order valence-corrected chi connectivity index (χ2v) is 15.7. The van der Waals surface area contributed by atoms with Gasteiger partial charge in [0.2, 0.25) is 0 Å². The molecule has 1 saturated carbocycles. The average molecular weight is 612 g/mol. The van der Waals surface area contributed by atoms with Gasteiger partial charge < -0.3 is 15.2 Å². The molecule has 0 amide bonds. The van der Waals surface area contributed by atoms with Crippen LogP contribution in [0.1, 0.15) is 50.7 Å². The number of fused-ring (bicyclic) bond motifs is 3. The van der Waals surface area contributed by atoms with E-state index in [1.807, 2.05) is 24.3 Å². The number of nitrogens with zero attached hydrogens (tertiary/aromatic N) is 3. The highest BCUT2D eigenvalue weighted by atomic mass is 35.5. The maximum Gasteiger partial charge on any atom is 0.181 e. The molecule has 41 heavy (non-hydrogen) atoms. The van der Waals surface area contributed by atoms with Crippen molar-refractivity contribution in [3.8, 4) is 16.9 Å². The summed E-state index contributed by atoms with van der Waals surface area (Å²) in [6.07, 6.45) is 3.14. The SMILES string of the molecule is CC1(C)CCC(S(=O)(=O)c2ccc3c(c2)/C(=N\O)c2cc(SN4CCN(c5ccc(Cl)cc5O)CC4)ccc2-3)CC1. The molecule has 2 aliphatic carbocycles. The number of phenolic OH excluding ortho intramolecular Hbond substituents is 1. The Balaban J connectivity index is 1.18. The van der Waals surface area contributed by atoms with E-state index in [9.17, 15) is 18.7 Å². The predicted octanol–water partition coefficient (Wildman–Crippen LogP) is 6.82. The molecule has 0 atom stereocenters. The number of anilines is 1. The molecule has 0 radical (unpaired) electrons. The Labute approximate surface area is 250 Å². The van der Waals surface area contributed by atoms with Crippen LogP contribution in [-0.2, 0) is 9.84 Å². The lowest BCUT2D eigenvalue weighted by molar-refractivity contribution is 0.246. The molecular formula is C31H34ClN3O4S2. The van der Waals surface area contributed by atoms with Gasteiger partial charge in [-0.2, -0.15) is 0 Å². The topological polar surface area (TPSA) is 93.4 Å². The van der Waals surface area contributed by atoms with E-state index >= 15 is 0 Å². The van der Waals surface area contributed by atoms with E-state index in [-0.39, 0.29) is 16.4 Å². The summed E-state index contributed by atoms with van der Waals surface area (Å²) in [7, 11) is -3.48. The molecular weight excluding hydrogens is 578 g/mol. The van der Waals surface area contributed by atoms with Crippen LogP contribution in [0.15, 0.2) is 69.5 Å². The lowest BCUT2D eigenvalue weighted by Gasteiger charge is -2.35. The second kappa shape index (κ2) is 10.8. The van der Waals surface area contributed by atoms with Gasteiger partial charge >= 0.3 is 0 Å². The third-order valence-electron chi connectivity index (χ3n) is 8.69. The minimum Gasteiger partial charge on any atom is -0.506 e. The number of phenols is 1. The highest BCUT2D eigenvalue weighted by Crippen LogP contribution is 2.43. The Bertz CT molecular complexity index is 1620. The Morgan fingerprint density at radius 1 is 0.902 bits per heavy atom. The molecule has 3 aromatic carbocycles. The highest BCUT2D eigenvalue weighted by molar-refractivity contribution is 7.97. The van der Waals surface area contributed by atoms with E-state index in [0.717, 1.165) is 66.3 Å². The summed E-state index contributed by atoms with van der Waals surface area (Å²) >= 11 is 7.63. The maximum atomic E-state index is 13.6. The Hall–Kier alpha value is -2.72. The monoisotopic (exact) mass is 611 g/mol. The van der Waals surface area contributed by atoms with Gasteiger partial charge in [0.15, 0.2) is 9.84 Å². The van der Waals surface area contributed by atoms with E-state index in [0.29, 0.717) is 34.0 Å². The summed E-state index contributed by atoms with van der Waals surface area (Å²) in [4.78, 5) is 3.46. The van der Waals surface area contributed by atoms with Crippen molar-refractivity contribution >= 4 is 44.8 Å². The number of hydrogen-bond donors (Lipinski definition) is 2. The molecule has 0 unspecified atom stereocenters. The predicted molar refractivity (Wildman–Crippen MR) is 165 cm³/mol. The highest BCUT2D eigenvalue weighted by Gasteiger charge is 2.36. The van der Waals surface area contributed by atoms with Gasteiger partial charge in [-0.1, -0.05) is 42.7 Å². The number of rotatable bonds is 5. The summed E-state index contributed by atoms with van der Waals surface area (Å²) in [5, 5.41) is 24.1. The van der Waals surface area contributed by atoms with Gasteiger partial charge in [0.05, 0.1) is 15.8 Å². The van der Waals surface area contributed by atoms with Gasteiger partial charge in [0.1, 0.15) is 11.5 Å². The lowest BCUT2D eigenvalue weighted by Crippen LogP contribution is -2.43. The van der Waals surface area contributed by atoms with Crippen molar-refractivity contribution in [2.45, 2.75) is 54.6 Å². The van der Waals surface area contributed by atoms with Gasteiger partial charge in [-0.15, -0.1) is 0 Å². The number of oxime groups is 1. The Morgan fingerprint density at radius 3 is 2.22 bits per heavy atom.